The van der Waals surface area contributed by atoms with Crippen LogP contribution in [-0.2, 0) is 6.18 Å². The molecule has 29 heavy (non-hydrogen) atoms. The molecule has 8 heteroatoms. The SMILES string of the molecule is Cc1nc2ccc(NC(=O)c3ccccc3-c3ccc(C(F)(F)F)cc3)cn2n1. The van der Waals surface area contributed by atoms with Crippen molar-refractivity contribution < 1.29 is 18.0 Å². The van der Waals surface area contributed by atoms with Gasteiger partial charge in [-0.2, -0.15) is 18.3 Å². The minimum absolute atomic E-state index is 0.349. The van der Waals surface area contributed by atoms with E-state index in [-0.39, 0.29) is 5.91 Å². The topological polar surface area (TPSA) is 59.3 Å². The minimum atomic E-state index is -4.41. The van der Waals surface area contributed by atoms with Gasteiger partial charge in [0.2, 0.25) is 0 Å². The standard InChI is InChI=1S/C21H15F3N4O/c1-13-25-19-11-10-16(12-28(19)27-13)26-20(29)18-5-3-2-4-17(18)14-6-8-15(9-7-14)21(22,23)24/h2-12H,1H3,(H,26,29). The van der Waals surface area contributed by atoms with Crippen molar-refractivity contribution >= 4 is 17.2 Å². The summed E-state index contributed by atoms with van der Waals surface area (Å²) in [6, 6.07) is 14.9. The zero-order valence-electron chi connectivity index (χ0n) is 15.2. The number of aryl methyl sites for hydroxylation is 1. The van der Waals surface area contributed by atoms with Crippen LogP contribution in [0, 0.1) is 6.92 Å². The molecule has 4 rings (SSSR count). The number of alkyl halides is 3. The zero-order valence-corrected chi connectivity index (χ0v) is 15.2. The van der Waals surface area contributed by atoms with Gasteiger partial charge in [0.1, 0.15) is 5.82 Å². The van der Waals surface area contributed by atoms with E-state index < -0.39 is 11.7 Å². The van der Waals surface area contributed by atoms with Crippen LogP contribution in [0.5, 0.6) is 0 Å². The normalized spacial score (nSPS) is 11.6. The number of nitrogens with one attached hydrogen (secondary N) is 1. The number of carbonyl (C=O) groups excluding carboxylic acids is 1. The lowest BCUT2D eigenvalue weighted by Gasteiger charge is -2.12. The summed E-state index contributed by atoms with van der Waals surface area (Å²) in [6.07, 6.45) is -2.76. The molecule has 0 saturated carbocycles. The molecule has 0 saturated heterocycles. The Kier molecular flexibility index (Phi) is 4.54. The summed E-state index contributed by atoms with van der Waals surface area (Å²) < 4.78 is 40.0. The summed E-state index contributed by atoms with van der Waals surface area (Å²) in [5.41, 5.74) is 1.85. The fourth-order valence-corrected chi connectivity index (χ4v) is 3.04. The summed E-state index contributed by atoms with van der Waals surface area (Å²) in [6.45, 7) is 1.77. The number of aromatic nitrogens is 3. The zero-order chi connectivity index (χ0) is 20.6. The summed E-state index contributed by atoms with van der Waals surface area (Å²) in [4.78, 5) is 17.1. The third-order valence-electron chi connectivity index (χ3n) is 4.39. The van der Waals surface area contributed by atoms with Crippen molar-refractivity contribution in [1.82, 2.24) is 14.6 Å². The first-order valence-electron chi connectivity index (χ1n) is 8.72. The average Bonchev–Trinajstić information content (AvgIpc) is 3.06. The summed E-state index contributed by atoms with van der Waals surface area (Å²) in [5, 5.41) is 7.01. The Morgan fingerprint density at radius 1 is 1.00 bits per heavy atom. The van der Waals surface area contributed by atoms with Gasteiger partial charge in [-0.15, -0.1) is 0 Å². The van der Waals surface area contributed by atoms with Crippen LogP contribution in [0.4, 0.5) is 18.9 Å². The Morgan fingerprint density at radius 3 is 2.45 bits per heavy atom. The quantitative estimate of drug-likeness (QED) is 0.532. The highest BCUT2D eigenvalue weighted by atomic mass is 19.4. The monoisotopic (exact) mass is 396 g/mol. The Bertz CT molecular complexity index is 1200. The molecule has 0 unspecified atom stereocenters. The number of hydrogen-bond donors (Lipinski definition) is 1. The third-order valence-corrected chi connectivity index (χ3v) is 4.39. The smallest absolute Gasteiger partial charge is 0.321 e. The molecule has 146 valence electrons. The van der Waals surface area contributed by atoms with Crippen molar-refractivity contribution in [2.75, 3.05) is 5.32 Å². The van der Waals surface area contributed by atoms with Gasteiger partial charge in [0.05, 0.1) is 17.4 Å². The number of halogens is 3. The average molecular weight is 396 g/mol. The van der Waals surface area contributed by atoms with Gasteiger partial charge >= 0.3 is 6.18 Å². The molecule has 1 N–H and O–H groups in total. The molecule has 0 fully saturated rings. The maximum Gasteiger partial charge on any atom is 0.416 e. The Morgan fingerprint density at radius 2 is 1.72 bits per heavy atom. The maximum atomic E-state index is 12.8. The number of hydrogen-bond acceptors (Lipinski definition) is 3. The summed E-state index contributed by atoms with van der Waals surface area (Å²) in [5.74, 6) is 0.234. The van der Waals surface area contributed by atoms with Gasteiger partial charge in [-0.05, 0) is 48.4 Å². The largest absolute Gasteiger partial charge is 0.416 e. The molecule has 5 nitrogen and oxygen atoms in total. The number of nitrogens with zero attached hydrogens (tertiary/aromatic N) is 3. The van der Waals surface area contributed by atoms with Crippen LogP contribution < -0.4 is 5.32 Å². The molecule has 0 bridgehead atoms. The van der Waals surface area contributed by atoms with Gasteiger partial charge in [-0.1, -0.05) is 30.3 Å². The van der Waals surface area contributed by atoms with Crippen molar-refractivity contribution in [3.05, 3.63) is 83.8 Å². The molecule has 0 radical (unpaired) electrons. The van der Waals surface area contributed by atoms with Gasteiger partial charge in [-0.3, -0.25) is 4.79 Å². The number of benzene rings is 2. The highest BCUT2D eigenvalue weighted by Crippen LogP contribution is 2.32. The third kappa shape index (κ3) is 3.82. The van der Waals surface area contributed by atoms with Crippen LogP contribution in [0.1, 0.15) is 21.7 Å². The van der Waals surface area contributed by atoms with Gasteiger partial charge < -0.3 is 5.32 Å². The molecule has 4 aromatic rings. The number of carbonyl (C=O) groups is 1. The van der Waals surface area contributed by atoms with Crippen molar-refractivity contribution in [2.24, 2.45) is 0 Å². The Hall–Kier alpha value is -3.68. The number of anilines is 1. The van der Waals surface area contributed by atoms with Crippen LogP contribution in [-0.4, -0.2) is 20.5 Å². The second-order valence-electron chi connectivity index (χ2n) is 6.45. The highest BCUT2D eigenvalue weighted by molar-refractivity contribution is 6.08. The van der Waals surface area contributed by atoms with Crippen LogP contribution in [0.3, 0.4) is 0 Å². The fraction of sp³-hybridized carbons (Fsp3) is 0.0952. The van der Waals surface area contributed by atoms with E-state index in [4.69, 9.17) is 0 Å². The Balaban J connectivity index is 1.64. The number of pyridine rings is 1. The molecule has 0 aliphatic carbocycles. The van der Waals surface area contributed by atoms with Crippen molar-refractivity contribution in [1.29, 1.82) is 0 Å². The highest BCUT2D eigenvalue weighted by Gasteiger charge is 2.30. The van der Waals surface area contributed by atoms with E-state index in [0.29, 0.717) is 33.8 Å². The molecule has 2 aromatic carbocycles. The van der Waals surface area contributed by atoms with Crippen molar-refractivity contribution in [3.63, 3.8) is 0 Å². The van der Waals surface area contributed by atoms with Crippen LogP contribution >= 0.6 is 0 Å². The molecule has 2 heterocycles. The molecular formula is C21H15F3N4O. The van der Waals surface area contributed by atoms with Gasteiger partial charge in [-0.25, -0.2) is 9.50 Å². The van der Waals surface area contributed by atoms with E-state index in [9.17, 15) is 18.0 Å². The van der Waals surface area contributed by atoms with Gasteiger partial charge in [0.25, 0.3) is 5.91 Å². The number of amides is 1. The van der Waals surface area contributed by atoms with Crippen LogP contribution in [0.2, 0.25) is 0 Å². The Labute approximate surface area is 163 Å². The number of rotatable bonds is 3. The van der Waals surface area contributed by atoms with E-state index in [0.717, 1.165) is 12.1 Å². The molecule has 0 aliphatic heterocycles. The van der Waals surface area contributed by atoms with E-state index in [1.807, 2.05) is 0 Å². The first-order chi connectivity index (χ1) is 13.8. The minimum Gasteiger partial charge on any atom is -0.321 e. The predicted octanol–water partition coefficient (Wildman–Crippen LogP) is 4.98. The van der Waals surface area contributed by atoms with Crippen LogP contribution in [0.15, 0.2) is 66.9 Å². The molecule has 0 atom stereocenters. The van der Waals surface area contributed by atoms with Crippen molar-refractivity contribution in [3.8, 4) is 11.1 Å². The van der Waals surface area contributed by atoms with E-state index in [1.165, 1.54) is 12.1 Å². The number of fused-ring (bicyclic) bond motifs is 1. The maximum absolute atomic E-state index is 12.8. The summed E-state index contributed by atoms with van der Waals surface area (Å²) in [7, 11) is 0. The first kappa shape index (κ1) is 18.7. The van der Waals surface area contributed by atoms with Gasteiger partial charge in [0, 0.05) is 5.56 Å². The summed E-state index contributed by atoms with van der Waals surface area (Å²) >= 11 is 0. The van der Waals surface area contributed by atoms with E-state index in [1.54, 1.807) is 54.0 Å². The fourth-order valence-electron chi connectivity index (χ4n) is 3.04. The molecule has 0 aliphatic rings. The predicted molar refractivity (Wildman–Crippen MR) is 103 cm³/mol. The molecule has 2 aromatic heterocycles. The molecule has 0 spiro atoms. The lowest BCUT2D eigenvalue weighted by molar-refractivity contribution is -0.137. The van der Waals surface area contributed by atoms with E-state index in [2.05, 4.69) is 15.4 Å². The lowest BCUT2D eigenvalue weighted by atomic mass is 9.98. The van der Waals surface area contributed by atoms with Crippen LogP contribution in [0.25, 0.3) is 16.8 Å². The second kappa shape index (κ2) is 7.05. The molecule has 1 amide bonds. The van der Waals surface area contributed by atoms with E-state index >= 15 is 0 Å². The second-order valence-corrected chi connectivity index (χ2v) is 6.45. The first-order valence-corrected chi connectivity index (χ1v) is 8.72. The van der Waals surface area contributed by atoms with Crippen molar-refractivity contribution in [2.45, 2.75) is 13.1 Å². The van der Waals surface area contributed by atoms with Gasteiger partial charge in [0.15, 0.2) is 5.65 Å². The lowest BCUT2D eigenvalue weighted by Crippen LogP contribution is -2.13. The molecular weight excluding hydrogens is 381 g/mol.